The van der Waals surface area contributed by atoms with Crippen LogP contribution in [0.15, 0.2) is 64.0 Å². The van der Waals surface area contributed by atoms with E-state index in [2.05, 4.69) is 5.16 Å². The summed E-state index contributed by atoms with van der Waals surface area (Å²) in [5.74, 6) is 0.860. The van der Waals surface area contributed by atoms with Crippen molar-refractivity contribution in [3.05, 3.63) is 65.9 Å². The van der Waals surface area contributed by atoms with Crippen LogP contribution in [0.25, 0.3) is 11.3 Å². The Kier molecular flexibility index (Phi) is 6.29. The van der Waals surface area contributed by atoms with Crippen LogP contribution < -0.4 is 4.74 Å². The number of sulfonamides is 1. The molecule has 1 aliphatic rings. The third-order valence-corrected chi connectivity index (χ3v) is 7.34. The summed E-state index contributed by atoms with van der Waals surface area (Å²) in [6.45, 7) is 5.09. The molecule has 9 heteroatoms. The number of nitrogens with zero attached hydrogens (tertiary/aromatic N) is 3. The van der Waals surface area contributed by atoms with Crippen LogP contribution in [0.4, 0.5) is 0 Å². The lowest BCUT2D eigenvalue weighted by molar-refractivity contribution is 0.0696. The van der Waals surface area contributed by atoms with Gasteiger partial charge in [0, 0.05) is 31.7 Å². The fourth-order valence-electron chi connectivity index (χ4n) is 3.73. The smallest absolute Gasteiger partial charge is 0.259 e. The van der Waals surface area contributed by atoms with Gasteiger partial charge in [-0.2, -0.15) is 4.31 Å². The van der Waals surface area contributed by atoms with Gasteiger partial charge in [-0.3, -0.25) is 4.79 Å². The number of hydrogen-bond donors (Lipinski definition) is 0. The van der Waals surface area contributed by atoms with Gasteiger partial charge in [-0.25, -0.2) is 8.42 Å². The van der Waals surface area contributed by atoms with Crippen LogP contribution >= 0.6 is 0 Å². The Morgan fingerprint density at radius 2 is 1.69 bits per heavy atom. The molecule has 1 aromatic heterocycles. The van der Waals surface area contributed by atoms with Crippen LogP contribution in [-0.2, 0) is 10.0 Å². The maximum Gasteiger partial charge on any atom is 0.259 e. The lowest BCUT2D eigenvalue weighted by Gasteiger charge is -2.34. The van der Waals surface area contributed by atoms with Gasteiger partial charge in [0.25, 0.3) is 5.91 Å². The van der Waals surface area contributed by atoms with Crippen molar-refractivity contribution in [2.75, 3.05) is 32.8 Å². The summed E-state index contributed by atoms with van der Waals surface area (Å²) >= 11 is 0. The summed E-state index contributed by atoms with van der Waals surface area (Å²) in [6, 6.07) is 15.8. The molecule has 2 aromatic carbocycles. The van der Waals surface area contributed by atoms with E-state index in [9.17, 15) is 13.2 Å². The number of benzene rings is 2. The molecule has 168 valence electrons. The van der Waals surface area contributed by atoms with Gasteiger partial charge in [0.2, 0.25) is 10.0 Å². The monoisotopic (exact) mass is 455 g/mol. The highest BCUT2D eigenvalue weighted by atomic mass is 32.2. The van der Waals surface area contributed by atoms with Gasteiger partial charge in [-0.15, -0.1) is 0 Å². The van der Waals surface area contributed by atoms with Crippen molar-refractivity contribution in [1.82, 2.24) is 14.4 Å². The molecule has 0 atom stereocenters. The standard InChI is InChI=1S/C23H25N3O5S/c1-3-30-19-9-11-20(12-10-19)32(28,29)26-15-13-25(14-16-26)23(27)21-17(2)31-24-22(21)18-7-5-4-6-8-18/h4-12H,3,13-16H2,1-2H3. The Hall–Kier alpha value is -3.17. The molecule has 0 N–H and O–H groups in total. The minimum absolute atomic E-state index is 0.208. The average Bonchev–Trinajstić information content (AvgIpc) is 3.21. The second kappa shape index (κ2) is 9.13. The first-order valence-corrected chi connectivity index (χ1v) is 11.9. The summed E-state index contributed by atoms with van der Waals surface area (Å²) in [5, 5.41) is 4.08. The number of ether oxygens (including phenoxy) is 1. The van der Waals surface area contributed by atoms with Gasteiger partial charge in [0.15, 0.2) is 0 Å². The predicted octanol–water partition coefficient (Wildman–Crippen LogP) is 3.20. The topological polar surface area (TPSA) is 93.0 Å². The third kappa shape index (κ3) is 4.26. The highest BCUT2D eigenvalue weighted by molar-refractivity contribution is 7.89. The van der Waals surface area contributed by atoms with E-state index in [-0.39, 0.29) is 37.0 Å². The summed E-state index contributed by atoms with van der Waals surface area (Å²) in [5.41, 5.74) is 1.71. The quantitative estimate of drug-likeness (QED) is 0.567. The zero-order chi connectivity index (χ0) is 22.7. The van der Waals surface area contributed by atoms with Gasteiger partial charge in [0.05, 0.1) is 11.5 Å². The summed E-state index contributed by atoms with van der Waals surface area (Å²) in [6.07, 6.45) is 0. The SMILES string of the molecule is CCOc1ccc(S(=O)(=O)N2CCN(C(=O)c3c(-c4ccccc4)noc3C)CC2)cc1. The van der Waals surface area contributed by atoms with Crippen molar-refractivity contribution in [1.29, 1.82) is 0 Å². The molecule has 0 saturated carbocycles. The van der Waals surface area contributed by atoms with Crippen LogP contribution in [0.1, 0.15) is 23.0 Å². The molecule has 0 aliphatic carbocycles. The van der Waals surface area contributed by atoms with Gasteiger partial charge < -0.3 is 14.2 Å². The molecule has 8 nitrogen and oxygen atoms in total. The average molecular weight is 456 g/mol. The number of amides is 1. The van der Waals surface area contributed by atoms with Crippen molar-refractivity contribution in [2.24, 2.45) is 0 Å². The van der Waals surface area contributed by atoms with Crippen molar-refractivity contribution < 1.29 is 22.5 Å². The minimum Gasteiger partial charge on any atom is -0.494 e. The van der Waals surface area contributed by atoms with Crippen LogP contribution in [0.3, 0.4) is 0 Å². The summed E-state index contributed by atoms with van der Waals surface area (Å²) < 4.78 is 38.1. The van der Waals surface area contributed by atoms with Crippen LogP contribution in [0.5, 0.6) is 5.75 Å². The lowest BCUT2D eigenvalue weighted by Crippen LogP contribution is -2.50. The highest BCUT2D eigenvalue weighted by Gasteiger charge is 2.33. The van der Waals surface area contributed by atoms with E-state index in [0.717, 1.165) is 5.56 Å². The van der Waals surface area contributed by atoms with E-state index in [1.165, 1.54) is 4.31 Å². The molecular formula is C23H25N3O5S. The molecule has 0 radical (unpaired) electrons. The molecule has 3 aromatic rings. The molecule has 1 aliphatic heterocycles. The zero-order valence-electron chi connectivity index (χ0n) is 18.0. The van der Waals surface area contributed by atoms with Gasteiger partial charge in [-0.1, -0.05) is 35.5 Å². The Bertz CT molecular complexity index is 1180. The maximum absolute atomic E-state index is 13.2. The van der Waals surface area contributed by atoms with E-state index in [1.807, 2.05) is 37.3 Å². The lowest BCUT2D eigenvalue weighted by atomic mass is 10.0. The third-order valence-electron chi connectivity index (χ3n) is 5.42. The number of aromatic nitrogens is 1. The summed E-state index contributed by atoms with van der Waals surface area (Å²) in [4.78, 5) is 15.1. The molecule has 1 amide bonds. The molecule has 1 fully saturated rings. The number of aryl methyl sites for hydroxylation is 1. The Morgan fingerprint density at radius 1 is 1.03 bits per heavy atom. The Balaban J connectivity index is 1.47. The first kappa shape index (κ1) is 22.0. The Labute approximate surface area is 187 Å². The fraction of sp³-hybridized carbons (Fsp3) is 0.304. The van der Waals surface area contributed by atoms with Crippen LogP contribution in [-0.4, -0.2) is 61.5 Å². The summed E-state index contributed by atoms with van der Waals surface area (Å²) in [7, 11) is -3.65. The van der Waals surface area contributed by atoms with E-state index in [0.29, 0.717) is 29.4 Å². The molecule has 4 rings (SSSR count). The Morgan fingerprint density at radius 3 is 2.31 bits per heavy atom. The van der Waals surface area contributed by atoms with Gasteiger partial charge >= 0.3 is 0 Å². The van der Waals surface area contributed by atoms with Crippen molar-refractivity contribution >= 4 is 15.9 Å². The number of rotatable bonds is 6. The molecular weight excluding hydrogens is 430 g/mol. The molecule has 32 heavy (non-hydrogen) atoms. The molecule has 0 bridgehead atoms. The van der Waals surface area contributed by atoms with E-state index in [4.69, 9.17) is 9.26 Å². The first-order valence-electron chi connectivity index (χ1n) is 10.5. The van der Waals surface area contributed by atoms with E-state index < -0.39 is 10.0 Å². The van der Waals surface area contributed by atoms with Crippen molar-refractivity contribution in [3.63, 3.8) is 0 Å². The molecule has 0 unspecified atom stereocenters. The van der Waals surface area contributed by atoms with Crippen LogP contribution in [0, 0.1) is 6.92 Å². The number of carbonyl (C=O) groups is 1. The number of carbonyl (C=O) groups excluding carboxylic acids is 1. The number of piperazine rings is 1. The van der Waals surface area contributed by atoms with Crippen LogP contribution in [0.2, 0.25) is 0 Å². The largest absolute Gasteiger partial charge is 0.494 e. The molecule has 1 saturated heterocycles. The fourth-order valence-corrected chi connectivity index (χ4v) is 5.15. The molecule has 0 spiro atoms. The molecule has 2 heterocycles. The predicted molar refractivity (Wildman–Crippen MR) is 119 cm³/mol. The van der Waals surface area contributed by atoms with E-state index in [1.54, 1.807) is 36.1 Å². The van der Waals surface area contributed by atoms with E-state index >= 15 is 0 Å². The van der Waals surface area contributed by atoms with Gasteiger partial charge in [-0.05, 0) is 38.1 Å². The maximum atomic E-state index is 13.2. The number of hydrogen-bond acceptors (Lipinski definition) is 6. The van der Waals surface area contributed by atoms with Crippen molar-refractivity contribution in [2.45, 2.75) is 18.7 Å². The minimum atomic E-state index is -3.65. The normalized spacial score (nSPS) is 15.0. The zero-order valence-corrected chi connectivity index (χ0v) is 18.8. The second-order valence-corrected chi connectivity index (χ2v) is 9.37. The van der Waals surface area contributed by atoms with Gasteiger partial charge in [0.1, 0.15) is 22.8 Å². The van der Waals surface area contributed by atoms with Crippen molar-refractivity contribution in [3.8, 4) is 17.0 Å². The highest BCUT2D eigenvalue weighted by Crippen LogP contribution is 2.27. The second-order valence-electron chi connectivity index (χ2n) is 7.43. The first-order chi connectivity index (χ1) is 15.4.